The number of hydrogen-bond acceptors (Lipinski definition) is 4. The lowest BCUT2D eigenvalue weighted by molar-refractivity contribution is 0.601. The van der Waals surface area contributed by atoms with Gasteiger partial charge in [-0.2, -0.15) is 5.10 Å². The lowest BCUT2D eigenvalue weighted by Gasteiger charge is -2.27. The molecule has 0 amide bonds. The van der Waals surface area contributed by atoms with Gasteiger partial charge in [-0.1, -0.05) is 30.3 Å². The summed E-state index contributed by atoms with van der Waals surface area (Å²) in [6.07, 6.45) is 0.419. The minimum Gasteiger partial charge on any atom is -0.342 e. The van der Waals surface area contributed by atoms with Crippen molar-refractivity contribution in [3.05, 3.63) is 87.8 Å². The number of rotatable bonds is 2. The second-order valence-electron chi connectivity index (χ2n) is 7.12. The van der Waals surface area contributed by atoms with Gasteiger partial charge < -0.3 is 5.32 Å². The highest BCUT2D eigenvalue weighted by molar-refractivity contribution is 7.95. The van der Waals surface area contributed by atoms with E-state index in [0.29, 0.717) is 28.3 Å². The van der Waals surface area contributed by atoms with Crippen LogP contribution in [0.1, 0.15) is 29.2 Å². The monoisotopic (exact) mass is 395 g/mol. The maximum absolute atomic E-state index is 14.0. The molecule has 0 spiro atoms. The Morgan fingerprint density at radius 3 is 2.68 bits per heavy atom. The fraction of sp³-hybridized carbons (Fsp3) is 0.190. The van der Waals surface area contributed by atoms with Crippen LogP contribution in [0.25, 0.3) is 5.69 Å². The zero-order valence-electron chi connectivity index (χ0n) is 15.2. The van der Waals surface area contributed by atoms with Gasteiger partial charge in [0.1, 0.15) is 11.6 Å². The number of allylic oxidation sites excluding steroid dienone is 2. The molecule has 5 rings (SSSR count). The Kier molecular flexibility index (Phi) is 3.71. The van der Waals surface area contributed by atoms with Crippen molar-refractivity contribution >= 4 is 15.7 Å². The Hall–Kier alpha value is -2.93. The van der Waals surface area contributed by atoms with Crippen molar-refractivity contribution in [1.29, 1.82) is 0 Å². The van der Waals surface area contributed by atoms with Crippen molar-refractivity contribution in [2.75, 3.05) is 11.1 Å². The summed E-state index contributed by atoms with van der Waals surface area (Å²) in [5, 5.41) is 8.00. The first-order valence-electron chi connectivity index (χ1n) is 9.09. The van der Waals surface area contributed by atoms with E-state index in [1.165, 1.54) is 12.1 Å². The molecule has 2 aliphatic heterocycles. The number of nitrogens with one attached hydrogen (secondary N) is 1. The van der Waals surface area contributed by atoms with Crippen LogP contribution in [-0.2, 0) is 9.84 Å². The van der Waals surface area contributed by atoms with Gasteiger partial charge in [-0.05, 0) is 36.8 Å². The van der Waals surface area contributed by atoms with Crippen LogP contribution in [-0.4, -0.2) is 24.0 Å². The van der Waals surface area contributed by atoms with E-state index < -0.39 is 15.8 Å². The number of fused-ring (bicyclic) bond motifs is 1. The van der Waals surface area contributed by atoms with Crippen LogP contribution in [0.2, 0.25) is 0 Å². The molecule has 0 saturated carbocycles. The number of aryl methyl sites for hydroxylation is 1. The van der Waals surface area contributed by atoms with Crippen molar-refractivity contribution in [2.24, 2.45) is 0 Å². The lowest BCUT2D eigenvalue weighted by Crippen LogP contribution is -2.21. The van der Waals surface area contributed by atoms with Crippen molar-refractivity contribution < 1.29 is 12.8 Å². The number of aromatic nitrogens is 2. The second kappa shape index (κ2) is 6.04. The van der Waals surface area contributed by atoms with Gasteiger partial charge in [-0.15, -0.1) is 0 Å². The van der Waals surface area contributed by atoms with Crippen LogP contribution in [0.4, 0.5) is 10.2 Å². The highest BCUT2D eigenvalue weighted by atomic mass is 32.2. The molecule has 3 aromatic rings. The maximum atomic E-state index is 14.0. The van der Waals surface area contributed by atoms with Crippen molar-refractivity contribution in [2.45, 2.75) is 19.3 Å². The molecular formula is C21H18FN3O2S. The van der Waals surface area contributed by atoms with E-state index in [0.717, 1.165) is 17.1 Å². The average Bonchev–Trinajstić information content (AvgIpc) is 3.18. The molecule has 0 aliphatic carbocycles. The molecule has 1 unspecified atom stereocenters. The summed E-state index contributed by atoms with van der Waals surface area (Å²) in [5.74, 6) is -0.137. The first-order chi connectivity index (χ1) is 13.5. The van der Waals surface area contributed by atoms with E-state index in [1.54, 1.807) is 16.8 Å². The van der Waals surface area contributed by atoms with E-state index in [1.807, 2.05) is 37.3 Å². The summed E-state index contributed by atoms with van der Waals surface area (Å²) < 4.78 is 41.5. The molecule has 0 radical (unpaired) electrons. The number of halogens is 1. The zero-order chi connectivity index (χ0) is 19.5. The van der Waals surface area contributed by atoms with Crippen molar-refractivity contribution in [3.63, 3.8) is 0 Å². The number of nitrogens with zero attached hydrogens (tertiary/aromatic N) is 2. The zero-order valence-corrected chi connectivity index (χ0v) is 16.0. The van der Waals surface area contributed by atoms with Crippen LogP contribution in [0.3, 0.4) is 0 Å². The summed E-state index contributed by atoms with van der Waals surface area (Å²) in [7, 11) is -3.41. The Bertz CT molecular complexity index is 1230. The number of benzene rings is 2. The van der Waals surface area contributed by atoms with Gasteiger partial charge in [0.05, 0.1) is 28.0 Å². The first kappa shape index (κ1) is 17.2. The molecule has 0 fully saturated rings. The van der Waals surface area contributed by atoms with Gasteiger partial charge in [0.15, 0.2) is 9.84 Å². The predicted octanol–water partition coefficient (Wildman–Crippen LogP) is 3.91. The fourth-order valence-electron chi connectivity index (χ4n) is 4.17. The molecule has 2 aromatic carbocycles. The highest BCUT2D eigenvalue weighted by Crippen LogP contribution is 2.49. The Balaban J connectivity index is 1.79. The summed E-state index contributed by atoms with van der Waals surface area (Å²) in [6.45, 7) is 1.86. The van der Waals surface area contributed by atoms with Crippen LogP contribution < -0.4 is 5.32 Å². The van der Waals surface area contributed by atoms with Crippen molar-refractivity contribution in [3.8, 4) is 5.69 Å². The smallest absolute Gasteiger partial charge is 0.177 e. The summed E-state index contributed by atoms with van der Waals surface area (Å²) in [6, 6.07) is 15.8. The number of para-hydroxylation sites is 1. The van der Waals surface area contributed by atoms with Gasteiger partial charge in [-0.3, -0.25) is 0 Å². The molecule has 7 heteroatoms. The molecule has 28 heavy (non-hydrogen) atoms. The summed E-state index contributed by atoms with van der Waals surface area (Å²) >= 11 is 0. The fourth-order valence-corrected chi connectivity index (χ4v) is 6.01. The molecule has 0 bridgehead atoms. The molecule has 1 N–H and O–H groups in total. The summed E-state index contributed by atoms with van der Waals surface area (Å²) in [5.41, 5.74) is 3.67. The number of hydrogen-bond donors (Lipinski definition) is 1. The van der Waals surface area contributed by atoms with Gasteiger partial charge in [0.25, 0.3) is 0 Å². The van der Waals surface area contributed by atoms with E-state index in [-0.39, 0.29) is 11.6 Å². The molecule has 5 nitrogen and oxygen atoms in total. The molecule has 1 atom stereocenters. The summed E-state index contributed by atoms with van der Waals surface area (Å²) in [4.78, 5) is 0.348. The third-order valence-corrected chi connectivity index (χ3v) is 7.26. The standard InChI is InChI=1S/C21H18FN3O2S/c1-13-18-19(14-6-5-7-15(22)12-14)20-17(10-11-28(20,26)27)23-21(18)25(24-13)16-8-3-2-4-9-16/h2-9,12,19,23H,10-11H2,1H3. The highest BCUT2D eigenvalue weighted by Gasteiger charge is 2.43. The largest absolute Gasteiger partial charge is 0.342 e. The average molecular weight is 395 g/mol. The van der Waals surface area contributed by atoms with Gasteiger partial charge in [0, 0.05) is 17.7 Å². The third-order valence-electron chi connectivity index (χ3n) is 5.36. The van der Waals surface area contributed by atoms with Gasteiger partial charge in [0.2, 0.25) is 0 Å². The molecule has 3 heterocycles. The predicted molar refractivity (Wildman–Crippen MR) is 106 cm³/mol. The molecule has 1 aromatic heterocycles. The number of anilines is 1. The van der Waals surface area contributed by atoms with E-state index in [2.05, 4.69) is 10.4 Å². The Morgan fingerprint density at radius 1 is 1.14 bits per heavy atom. The van der Waals surface area contributed by atoms with E-state index in [9.17, 15) is 12.8 Å². The minimum atomic E-state index is -3.41. The topological polar surface area (TPSA) is 64.0 Å². The molecule has 142 valence electrons. The molecular weight excluding hydrogens is 377 g/mol. The van der Waals surface area contributed by atoms with Gasteiger partial charge in [-0.25, -0.2) is 17.5 Å². The van der Waals surface area contributed by atoms with Gasteiger partial charge >= 0.3 is 0 Å². The van der Waals surface area contributed by atoms with E-state index >= 15 is 0 Å². The second-order valence-corrected chi connectivity index (χ2v) is 9.20. The quantitative estimate of drug-likeness (QED) is 0.715. The van der Waals surface area contributed by atoms with Crippen LogP contribution in [0.15, 0.2) is 65.2 Å². The van der Waals surface area contributed by atoms with E-state index in [4.69, 9.17) is 0 Å². The lowest BCUT2D eigenvalue weighted by atomic mass is 9.87. The van der Waals surface area contributed by atoms with Crippen molar-refractivity contribution in [1.82, 2.24) is 9.78 Å². The third kappa shape index (κ3) is 2.50. The first-order valence-corrected chi connectivity index (χ1v) is 10.7. The normalized spacial score (nSPS) is 19.9. The molecule has 2 aliphatic rings. The van der Waals surface area contributed by atoms with Crippen LogP contribution in [0.5, 0.6) is 0 Å². The minimum absolute atomic E-state index is 0.0680. The Morgan fingerprint density at radius 2 is 1.93 bits per heavy atom. The van der Waals surface area contributed by atoms with Crippen LogP contribution in [0, 0.1) is 12.7 Å². The molecule has 0 saturated heterocycles. The maximum Gasteiger partial charge on any atom is 0.177 e. The SMILES string of the molecule is Cc1nn(-c2ccccc2)c2c1C(c1cccc(F)c1)C1=C(CCS1(=O)=O)N2. The Labute approximate surface area is 162 Å². The number of sulfone groups is 1. The van der Waals surface area contributed by atoms with Crippen LogP contribution >= 0.6 is 0 Å².